The van der Waals surface area contributed by atoms with E-state index in [0.29, 0.717) is 6.04 Å². The van der Waals surface area contributed by atoms with Crippen molar-refractivity contribution in [1.82, 2.24) is 9.78 Å². The predicted molar refractivity (Wildman–Crippen MR) is 96.8 cm³/mol. The zero-order valence-corrected chi connectivity index (χ0v) is 14.6. The van der Waals surface area contributed by atoms with Crippen molar-refractivity contribution in [2.45, 2.75) is 43.0 Å². The number of hydrogen-bond acceptors (Lipinski definition) is 5. The summed E-state index contributed by atoms with van der Waals surface area (Å²) in [7, 11) is 0. The van der Waals surface area contributed by atoms with E-state index in [1.807, 2.05) is 10.7 Å². The molecule has 0 radical (unpaired) electrons. The van der Waals surface area contributed by atoms with Gasteiger partial charge in [-0.25, -0.2) is 4.68 Å². The number of aromatic nitrogens is 2. The quantitative estimate of drug-likeness (QED) is 0.477. The standard InChI is InChI=1S/C17H20N4O3S/c22-17(12-25-15-8-6-14(7-9-15)21(23)24)19-16-10-11-18-20(16)13-4-2-1-3-5-13/h6-11,13H,1-5,12H2,(H,19,22). The van der Waals surface area contributed by atoms with Crippen LogP contribution in [0.3, 0.4) is 0 Å². The number of carbonyl (C=O) groups is 1. The molecule has 1 aromatic carbocycles. The van der Waals surface area contributed by atoms with Crippen LogP contribution in [0.25, 0.3) is 0 Å². The van der Waals surface area contributed by atoms with E-state index in [2.05, 4.69) is 10.4 Å². The Labute approximate surface area is 149 Å². The Morgan fingerprint density at radius 1 is 1.24 bits per heavy atom. The molecule has 1 aliphatic carbocycles. The van der Waals surface area contributed by atoms with Gasteiger partial charge in [-0.2, -0.15) is 5.10 Å². The molecule has 1 fully saturated rings. The lowest BCUT2D eigenvalue weighted by molar-refractivity contribution is -0.384. The lowest BCUT2D eigenvalue weighted by Crippen LogP contribution is -2.21. The number of nitro benzene ring substituents is 1. The second-order valence-electron chi connectivity index (χ2n) is 6.04. The average molecular weight is 360 g/mol. The van der Waals surface area contributed by atoms with E-state index in [4.69, 9.17) is 0 Å². The Kier molecular flexibility index (Phi) is 5.70. The van der Waals surface area contributed by atoms with Crippen LogP contribution in [0.1, 0.15) is 38.1 Å². The van der Waals surface area contributed by atoms with E-state index in [9.17, 15) is 14.9 Å². The van der Waals surface area contributed by atoms with E-state index < -0.39 is 4.92 Å². The number of amides is 1. The van der Waals surface area contributed by atoms with Gasteiger partial charge in [0.15, 0.2) is 0 Å². The second-order valence-corrected chi connectivity index (χ2v) is 7.09. The van der Waals surface area contributed by atoms with Crippen molar-refractivity contribution in [3.8, 4) is 0 Å². The summed E-state index contributed by atoms with van der Waals surface area (Å²) in [6.07, 6.45) is 7.59. The lowest BCUT2D eigenvalue weighted by Gasteiger charge is -2.23. The Morgan fingerprint density at radius 2 is 1.96 bits per heavy atom. The summed E-state index contributed by atoms with van der Waals surface area (Å²) < 4.78 is 1.92. The van der Waals surface area contributed by atoms with Gasteiger partial charge in [0, 0.05) is 23.1 Å². The maximum atomic E-state index is 12.2. The van der Waals surface area contributed by atoms with Crippen LogP contribution in [0.15, 0.2) is 41.4 Å². The fourth-order valence-corrected chi connectivity index (χ4v) is 3.72. The van der Waals surface area contributed by atoms with Crippen LogP contribution in [-0.4, -0.2) is 26.4 Å². The van der Waals surface area contributed by atoms with Gasteiger partial charge in [-0.3, -0.25) is 14.9 Å². The highest BCUT2D eigenvalue weighted by molar-refractivity contribution is 8.00. The minimum atomic E-state index is -0.437. The summed E-state index contributed by atoms with van der Waals surface area (Å²) in [6.45, 7) is 0. The molecule has 0 aliphatic heterocycles. The Bertz CT molecular complexity index is 739. The third kappa shape index (κ3) is 4.60. The van der Waals surface area contributed by atoms with Crippen LogP contribution in [0.2, 0.25) is 0 Å². The molecule has 1 aliphatic rings. The van der Waals surface area contributed by atoms with Gasteiger partial charge < -0.3 is 5.32 Å². The van der Waals surface area contributed by atoms with E-state index in [1.54, 1.807) is 18.3 Å². The minimum Gasteiger partial charge on any atom is -0.310 e. The number of anilines is 1. The first kappa shape index (κ1) is 17.5. The Hall–Kier alpha value is -2.35. The largest absolute Gasteiger partial charge is 0.310 e. The predicted octanol–water partition coefficient (Wildman–Crippen LogP) is 4.03. The fourth-order valence-electron chi connectivity index (χ4n) is 3.02. The SMILES string of the molecule is O=C(CSc1ccc([N+](=O)[O-])cc1)Nc1ccnn1C1CCCCC1. The van der Waals surface area contributed by atoms with Gasteiger partial charge in [-0.05, 0) is 25.0 Å². The van der Waals surface area contributed by atoms with E-state index in [0.717, 1.165) is 23.6 Å². The topological polar surface area (TPSA) is 90.1 Å². The molecule has 1 N–H and O–H groups in total. The summed E-state index contributed by atoms with van der Waals surface area (Å²) in [6, 6.07) is 8.38. The number of nitrogens with one attached hydrogen (secondary N) is 1. The highest BCUT2D eigenvalue weighted by atomic mass is 32.2. The number of non-ortho nitro benzene ring substituents is 1. The number of nitrogens with zero attached hydrogens (tertiary/aromatic N) is 3. The number of benzene rings is 1. The summed E-state index contributed by atoms with van der Waals surface area (Å²) >= 11 is 1.35. The molecule has 1 saturated carbocycles. The van der Waals surface area contributed by atoms with Crippen LogP contribution in [0.5, 0.6) is 0 Å². The zero-order valence-electron chi connectivity index (χ0n) is 13.8. The molecule has 0 atom stereocenters. The number of hydrogen-bond donors (Lipinski definition) is 1. The smallest absolute Gasteiger partial charge is 0.269 e. The molecule has 1 heterocycles. The van der Waals surface area contributed by atoms with Crippen molar-refractivity contribution in [3.63, 3.8) is 0 Å². The third-order valence-corrected chi connectivity index (χ3v) is 5.29. The summed E-state index contributed by atoms with van der Waals surface area (Å²) in [5.74, 6) is 0.871. The normalized spacial score (nSPS) is 15.0. The van der Waals surface area contributed by atoms with Gasteiger partial charge in [0.25, 0.3) is 5.69 Å². The van der Waals surface area contributed by atoms with Crippen molar-refractivity contribution in [3.05, 3.63) is 46.6 Å². The van der Waals surface area contributed by atoms with Crippen LogP contribution in [0, 0.1) is 10.1 Å². The third-order valence-electron chi connectivity index (χ3n) is 4.28. The first-order valence-corrected chi connectivity index (χ1v) is 9.32. The molecule has 132 valence electrons. The Morgan fingerprint density at radius 3 is 2.64 bits per heavy atom. The summed E-state index contributed by atoms with van der Waals surface area (Å²) in [4.78, 5) is 23.2. The summed E-state index contributed by atoms with van der Waals surface area (Å²) in [5.41, 5.74) is 0.0465. The van der Waals surface area contributed by atoms with Crippen molar-refractivity contribution in [1.29, 1.82) is 0 Å². The molecule has 25 heavy (non-hydrogen) atoms. The molecule has 1 aromatic heterocycles. The molecule has 7 nitrogen and oxygen atoms in total. The van der Waals surface area contributed by atoms with Gasteiger partial charge in [0.05, 0.1) is 22.9 Å². The van der Waals surface area contributed by atoms with E-state index in [-0.39, 0.29) is 17.3 Å². The molecule has 0 spiro atoms. The van der Waals surface area contributed by atoms with Gasteiger partial charge in [-0.1, -0.05) is 19.3 Å². The second kappa shape index (κ2) is 8.15. The first-order valence-electron chi connectivity index (χ1n) is 8.34. The fraction of sp³-hybridized carbons (Fsp3) is 0.412. The van der Waals surface area contributed by atoms with Crippen LogP contribution >= 0.6 is 11.8 Å². The molecule has 1 amide bonds. The van der Waals surface area contributed by atoms with Crippen molar-refractivity contribution in [2.75, 3.05) is 11.1 Å². The number of carbonyl (C=O) groups excluding carboxylic acids is 1. The van der Waals surface area contributed by atoms with E-state index >= 15 is 0 Å². The molecular formula is C17H20N4O3S. The first-order chi connectivity index (χ1) is 12.1. The van der Waals surface area contributed by atoms with Gasteiger partial charge in [0.2, 0.25) is 5.91 Å². The number of nitro groups is 1. The van der Waals surface area contributed by atoms with E-state index in [1.165, 1.54) is 43.2 Å². The molecule has 0 saturated heterocycles. The zero-order chi connectivity index (χ0) is 17.6. The lowest BCUT2D eigenvalue weighted by atomic mass is 9.96. The molecule has 0 bridgehead atoms. The number of rotatable bonds is 6. The maximum absolute atomic E-state index is 12.2. The van der Waals surface area contributed by atoms with Gasteiger partial charge in [0.1, 0.15) is 5.82 Å². The Balaban J connectivity index is 1.54. The molecule has 8 heteroatoms. The van der Waals surface area contributed by atoms with Crippen LogP contribution in [-0.2, 0) is 4.79 Å². The maximum Gasteiger partial charge on any atom is 0.269 e. The van der Waals surface area contributed by atoms with Gasteiger partial charge in [-0.15, -0.1) is 11.8 Å². The average Bonchev–Trinajstić information content (AvgIpc) is 3.09. The van der Waals surface area contributed by atoms with Crippen LogP contribution < -0.4 is 5.32 Å². The summed E-state index contributed by atoms with van der Waals surface area (Å²) in [5, 5.41) is 17.9. The van der Waals surface area contributed by atoms with Crippen molar-refractivity contribution in [2.24, 2.45) is 0 Å². The highest BCUT2D eigenvalue weighted by Crippen LogP contribution is 2.30. The molecule has 3 rings (SSSR count). The van der Waals surface area contributed by atoms with Crippen molar-refractivity contribution < 1.29 is 9.72 Å². The molecule has 2 aromatic rings. The highest BCUT2D eigenvalue weighted by Gasteiger charge is 2.19. The van der Waals surface area contributed by atoms with Crippen molar-refractivity contribution >= 4 is 29.2 Å². The van der Waals surface area contributed by atoms with Gasteiger partial charge >= 0.3 is 0 Å². The monoisotopic (exact) mass is 360 g/mol. The molecular weight excluding hydrogens is 340 g/mol. The number of thioether (sulfide) groups is 1. The molecule has 0 unspecified atom stereocenters. The van der Waals surface area contributed by atoms with Crippen LogP contribution in [0.4, 0.5) is 11.5 Å². The minimum absolute atomic E-state index is 0.0465.